The van der Waals surface area contributed by atoms with E-state index in [4.69, 9.17) is 11.6 Å². The van der Waals surface area contributed by atoms with Gasteiger partial charge < -0.3 is 5.32 Å². The van der Waals surface area contributed by atoms with Crippen LogP contribution < -0.4 is 5.32 Å². The number of carbonyl (C=O) groups excluding carboxylic acids is 1. The maximum atomic E-state index is 13.5. The fourth-order valence-electron chi connectivity index (χ4n) is 2.16. The van der Waals surface area contributed by atoms with Crippen molar-refractivity contribution in [1.82, 2.24) is 9.78 Å². The van der Waals surface area contributed by atoms with Crippen LogP contribution in [0.1, 0.15) is 5.56 Å². The molecule has 0 radical (unpaired) electrons. The van der Waals surface area contributed by atoms with Crippen molar-refractivity contribution < 1.29 is 13.6 Å². The Morgan fingerprint density at radius 1 is 1.12 bits per heavy atom. The van der Waals surface area contributed by atoms with Gasteiger partial charge in [0.15, 0.2) is 5.82 Å². The number of nitrogens with one attached hydrogen (secondary N) is 1. The van der Waals surface area contributed by atoms with Crippen molar-refractivity contribution in [3.05, 3.63) is 76.9 Å². The first-order valence-electron chi connectivity index (χ1n) is 7.07. The third kappa shape index (κ3) is 3.60. The van der Waals surface area contributed by atoms with Gasteiger partial charge in [0.05, 0.1) is 17.1 Å². The SMILES string of the molecule is O=C(Cc1ccccc1F)Nc1ccn(-c2ccc(Cl)c(F)c2)n1. The molecule has 0 saturated heterocycles. The van der Waals surface area contributed by atoms with Crippen molar-refractivity contribution >= 4 is 23.3 Å². The number of hydrogen-bond donors (Lipinski definition) is 1. The molecule has 0 atom stereocenters. The topological polar surface area (TPSA) is 46.9 Å². The van der Waals surface area contributed by atoms with E-state index in [0.29, 0.717) is 11.3 Å². The van der Waals surface area contributed by atoms with Crippen molar-refractivity contribution in [1.29, 1.82) is 0 Å². The van der Waals surface area contributed by atoms with Gasteiger partial charge in [-0.15, -0.1) is 0 Å². The van der Waals surface area contributed by atoms with Gasteiger partial charge in [0.1, 0.15) is 11.6 Å². The van der Waals surface area contributed by atoms with Crippen LogP contribution in [0.2, 0.25) is 5.02 Å². The summed E-state index contributed by atoms with van der Waals surface area (Å²) in [7, 11) is 0. The lowest BCUT2D eigenvalue weighted by Gasteiger charge is -2.04. The van der Waals surface area contributed by atoms with Crippen molar-refractivity contribution in [3.63, 3.8) is 0 Å². The highest BCUT2D eigenvalue weighted by molar-refractivity contribution is 6.30. The second-order valence-electron chi connectivity index (χ2n) is 5.06. The third-order valence-electron chi connectivity index (χ3n) is 3.33. The number of nitrogens with zero attached hydrogens (tertiary/aromatic N) is 2. The number of halogens is 3. The number of amides is 1. The second-order valence-corrected chi connectivity index (χ2v) is 5.47. The van der Waals surface area contributed by atoms with Crippen LogP contribution in [0.3, 0.4) is 0 Å². The van der Waals surface area contributed by atoms with Crippen LogP contribution in [0.4, 0.5) is 14.6 Å². The van der Waals surface area contributed by atoms with Crippen LogP contribution in [0.5, 0.6) is 0 Å². The number of carbonyl (C=O) groups is 1. The van der Waals surface area contributed by atoms with Gasteiger partial charge in [0.2, 0.25) is 5.91 Å². The van der Waals surface area contributed by atoms with Crippen LogP contribution in [-0.4, -0.2) is 15.7 Å². The summed E-state index contributed by atoms with van der Waals surface area (Å²) in [6.07, 6.45) is 1.47. The molecule has 122 valence electrons. The summed E-state index contributed by atoms with van der Waals surface area (Å²) in [6.45, 7) is 0. The molecule has 3 aromatic rings. The van der Waals surface area contributed by atoms with Gasteiger partial charge in [-0.05, 0) is 23.8 Å². The molecule has 0 aliphatic rings. The van der Waals surface area contributed by atoms with Crippen molar-refractivity contribution in [2.24, 2.45) is 0 Å². The molecule has 0 saturated carbocycles. The Hall–Kier alpha value is -2.73. The predicted molar refractivity (Wildman–Crippen MR) is 87.3 cm³/mol. The van der Waals surface area contributed by atoms with Crippen molar-refractivity contribution in [3.8, 4) is 5.69 Å². The first-order chi connectivity index (χ1) is 11.5. The Morgan fingerprint density at radius 2 is 1.92 bits per heavy atom. The highest BCUT2D eigenvalue weighted by atomic mass is 35.5. The van der Waals surface area contributed by atoms with E-state index in [9.17, 15) is 13.6 Å². The van der Waals surface area contributed by atoms with E-state index in [2.05, 4.69) is 10.4 Å². The van der Waals surface area contributed by atoms with Crippen LogP contribution in [0.15, 0.2) is 54.7 Å². The summed E-state index contributed by atoms with van der Waals surface area (Å²) in [5.74, 6) is -1.11. The number of hydrogen-bond acceptors (Lipinski definition) is 2. The van der Waals surface area contributed by atoms with Gasteiger partial charge in [-0.1, -0.05) is 29.8 Å². The predicted octanol–water partition coefficient (Wildman–Crippen LogP) is 3.99. The van der Waals surface area contributed by atoms with E-state index in [1.165, 1.54) is 22.9 Å². The summed E-state index contributed by atoms with van der Waals surface area (Å²) >= 11 is 5.64. The molecule has 0 aliphatic heterocycles. The fourth-order valence-corrected chi connectivity index (χ4v) is 2.28. The van der Waals surface area contributed by atoms with E-state index in [-0.39, 0.29) is 17.3 Å². The highest BCUT2D eigenvalue weighted by Gasteiger charge is 2.10. The van der Waals surface area contributed by atoms with E-state index >= 15 is 0 Å². The summed E-state index contributed by atoms with van der Waals surface area (Å²) < 4.78 is 28.4. The van der Waals surface area contributed by atoms with Gasteiger partial charge >= 0.3 is 0 Å². The Morgan fingerprint density at radius 3 is 2.67 bits per heavy atom. The standard InChI is InChI=1S/C17H12ClF2N3O/c18-13-6-5-12(10-15(13)20)23-8-7-16(22-23)21-17(24)9-11-3-1-2-4-14(11)19/h1-8,10H,9H2,(H,21,22,24). The van der Waals surface area contributed by atoms with E-state index < -0.39 is 17.5 Å². The Balaban J connectivity index is 1.70. The zero-order chi connectivity index (χ0) is 17.1. The maximum absolute atomic E-state index is 13.5. The largest absolute Gasteiger partial charge is 0.309 e. The lowest BCUT2D eigenvalue weighted by molar-refractivity contribution is -0.115. The van der Waals surface area contributed by atoms with Crippen molar-refractivity contribution in [2.75, 3.05) is 5.32 Å². The monoisotopic (exact) mass is 347 g/mol. The molecule has 1 N–H and O–H groups in total. The van der Waals surface area contributed by atoms with Crippen molar-refractivity contribution in [2.45, 2.75) is 6.42 Å². The van der Waals surface area contributed by atoms with Crippen LogP contribution in [0, 0.1) is 11.6 Å². The van der Waals surface area contributed by atoms with Gasteiger partial charge in [0.25, 0.3) is 0 Å². The molecule has 0 spiro atoms. The molecule has 7 heteroatoms. The van der Waals surface area contributed by atoms with Gasteiger partial charge in [0, 0.05) is 18.3 Å². The maximum Gasteiger partial charge on any atom is 0.230 e. The number of benzene rings is 2. The normalized spacial score (nSPS) is 10.6. The number of rotatable bonds is 4. The van der Waals surface area contributed by atoms with Crippen LogP contribution in [-0.2, 0) is 11.2 Å². The molecular weight excluding hydrogens is 336 g/mol. The van der Waals surface area contributed by atoms with E-state index in [1.54, 1.807) is 36.5 Å². The molecule has 24 heavy (non-hydrogen) atoms. The molecule has 1 amide bonds. The third-order valence-corrected chi connectivity index (χ3v) is 3.64. The van der Waals surface area contributed by atoms with Crippen LogP contribution in [0.25, 0.3) is 5.69 Å². The van der Waals surface area contributed by atoms with Crippen LogP contribution >= 0.6 is 11.6 Å². The lowest BCUT2D eigenvalue weighted by Crippen LogP contribution is -2.15. The summed E-state index contributed by atoms with van der Waals surface area (Å²) in [5, 5.41) is 6.73. The zero-order valence-electron chi connectivity index (χ0n) is 12.3. The first kappa shape index (κ1) is 16.1. The van der Waals surface area contributed by atoms with Gasteiger partial charge in [-0.3, -0.25) is 4.79 Å². The summed E-state index contributed by atoms with van der Waals surface area (Å²) in [4.78, 5) is 12.0. The Kier molecular flexibility index (Phi) is 4.57. The molecule has 2 aromatic carbocycles. The molecule has 4 nitrogen and oxygen atoms in total. The minimum atomic E-state index is -0.560. The Bertz CT molecular complexity index is 895. The quantitative estimate of drug-likeness (QED) is 0.775. The number of aromatic nitrogens is 2. The minimum absolute atomic E-state index is 0.0179. The molecule has 0 unspecified atom stereocenters. The molecule has 1 aromatic heterocycles. The summed E-state index contributed by atoms with van der Waals surface area (Å²) in [6, 6.07) is 11.9. The average Bonchev–Trinajstić information content (AvgIpc) is 3.00. The second kappa shape index (κ2) is 6.80. The molecule has 0 fully saturated rings. The fraction of sp³-hybridized carbons (Fsp3) is 0.0588. The van der Waals surface area contributed by atoms with Gasteiger partial charge in [-0.25, -0.2) is 13.5 Å². The van der Waals surface area contributed by atoms with E-state index in [1.807, 2.05) is 0 Å². The highest BCUT2D eigenvalue weighted by Crippen LogP contribution is 2.18. The number of anilines is 1. The smallest absolute Gasteiger partial charge is 0.230 e. The molecule has 1 heterocycles. The minimum Gasteiger partial charge on any atom is -0.309 e. The average molecular weight is 348 g/mol. The molecule has 0 bridgehead atoms. The van der Waals surface area contributed by atoms with Gasteiger partial charge in [-0.2, -0.15) is 5.10 Å². The van der Waals surface area contributed by atoms with E-state index in [0.717, 1.165) is 0 Å². The zero-order valence-corrected chi connectivity index (χ0v) is 13.1. The summed E-state index contributed by atoms with van der Waals surface area (Å²) in [5.41, 5.74) is 0.765. The first-order valence-corrected chi connectivity index (χ1v) is 7.45. The molecule has 3 rings (SSSR count). The Labute approximate surface area is 141 Å². The molecule has 0 aliphatic carbocycles. The lowest BCUT2D eigenvalue weighted by atomic mass is 10.1. The molecular formula is C17H12ClF2N3O.